The van der Waals surface area contributed by atoms with Crippen LogP contribution in [-0.4, -0.2) is 35.0 Å². The van der Waals surface area contributed by atoms with Gasteiger partial charge in [0.2, 0.25) is 11.8 Å². The molecule has 0 aliphatic rings. The number of carbonyl (C=O) groups excluding carboxylic acids is 2. The van der Waals surface area contributed by atoms with Gasteiger partial charge in [-0.2, -0.15) is 0 Å². The summed E-state index contributed by atoms with van der Waals surface area (Å²) in [5.74, 6) is 1.23. The minimum absolute atomic E-state index is 0.0418. The van der Waals surface area contributed by atoms with E-state index in [4.69, 9.17) is 9.72 Å². The molecule has 4 aromatic rings. The first-order valence-electron chi connectivity index (χ1n) is 11.7. The number of methoxy groups -OCH3 is 1. The van der Waals surface area contributed by atoms with Crippen LogP contribution < -0.4 is 15.0 Å². The highest BCUT2D eigenvalue weighted by Crippen LogP contribution is 2.22. The highest BCUT2D eigenvalue weighted by Gasteiger charge is 2.22. The van der Waals surface area contributed by atoms with Crippen molar-refractivity contribution in [3.05, 3.63) is 90.3 Å². The molecule has 0 aliphatic heterocycles. The molecule has 35 heavy (non-hydrogen) atoms. The molecule has 1 heterocycles. The molecule has 0 aliphatic carbocycles. The number of ether oxygens (including phenoxy) is 1. The second kappa shape index (κ2) is 10.9. The third kappa shape index (κ3) is 5.51. The number of hydrogen-bond donors (Lipinski definition) is 1. The Morgan fingerprint density at radius 1 is 1.00 bits per heavy atom. The van der Waals surface area contributed by atoms with Crippen molar-refractivity contribution in [3.63, 3.8) is 0 Å². The number of fused-ring (bicyclic) bond motifs is 1. The Morgan fingerprint density at radius 3 is 2.37 bits per heavy atom. The SMILES string of the molecule is CCN(C(=O)Cn1c(C(C)NC(=O)Cc2ccc(OC)cc2)nc2ccccc21)c1ccccc1. The van der Waals surface area contributed by atoms with Crippen LogP contribution >= 0.6 is 0 Å². The molecular weight excluding hydrogens is 440 g/mol. The zero-order chi connectivity index (χ0) is 24.8. The monoisotopic (exact) mass is 470 g/mol. The lowest BCUT2D eigenvalue weighted by Crippen LogP contribution is -2.35. The molecule has 0 saturated heterocycles. The smallest absolute Gasteiger partial charge is 0.246 e. The van der Waals surface area contributed by atoms with Gasteiger partial charge in [-0.1, -0.05) is 42.5 Å². The first kappa shape index (κ1) is 24.0. The molecule has 1 atom stereocenters. The molecule has 7 heteroatoms. The standard InChI is InChI=1S/C28H30N4O3/c1-4-31(22-10-6-5-7-11-22)27(34)19-32-25-13-9-8-12-24(25)30-28(32)20(2)29-26(33)18-21-14-16-23(35-3)17-15-21/h5-17,20H,4,18-19H2,1-3H3,(H,29,33). The van der Waals surface area contributed by atoms with Crippen LogP contribution in [0.5, 0.6) is 5.75 Å². The van der Waals surface area contributed by atoms with E-state index in [1.165, 1.54) is 0 Å². The van der Waals surface area contributed by atoms with Gasteiger partial charge in [0.1, 0.15) is 18.1 Å². The molecule has 4 rings (SSSR count). The van der Waals surface area contributed by atoms with Crippen molar-refractivity contribution in [3.8, 4) is 5.75 Å². The van der Waals surface area contributed by atoms with Gasteiger partial charge < -0.3 is 19.5 Å². The Morgan fingerprint density at radius 2 is 1.69 bits per heavy atom. The molecule has 1 unspecified atom stereocenters. The van der Waals surface area contributed by atoms with Crippen molar-refractivity contribution in [2.75, 3.05) is 18.6 Å². The minimum Gasteiger partial charge on any atom is -0.497 e. The Bertz CT molecular complexity index is 1300. The lowest BCUT2D eigenvalue weighted by Gasteiger charge is -2.23. The largest absolute Gasteiger partial charge is 0.497 e. The summed E-state index contributed by atoms with van der Waals surface area (Å²) in [6.45, 7) is 4.53. The van der Waals surface area contributed by atoms with Crippen LogP contribution in [0.4, 0.5) is 5.69 Å². The third-order valence-electron chi connectivity index (χ3n) is 5.95. The van der Waals surface area contributed by atoms with Gasteiger partial charge >= 0.3 is 0 Å². The van der Waals surface area contributed by atoms with Gasteiger partial charge in [0.25, 0.3) is 0 Å². The number of nitrogens with zero attached hydrogens (tertiary/aromatic N) is 3. The highest BCUT2D eigenvalue weighted by molar-refractivity contribution is 5.94. The summed E-state index contributed by atoms with van der Waals surface area (Å²) < 4.78 is 7.09. The maximum absolute atomic E-state index is 13.4. The van der Waals surface area contributed by atoms with E-state index in [-0.39, 0.29) is 30.8 Å². The lowest BCUT2D eigenvalue weighted by atomic mass is 10.1. The number of carbonyl (C=O) groups is 2. The maximum atomic E-state index is 13.4. The van der Waals surface area contributed by atoms with Crippen LogP contribution in [0.15, 0.2) is 78.9 Å². The van der Waals surface area contributed by atoms with Crippen molar-refractivity contribution in [2.24, 2.45) is 0 Å². The topological polar surface area (TPSA) is 76.5 Å². The molecule has 0 radical (unpaired) electrons. The summed E-state index contributed by atoms with van der Waals surface area (Å²) in [5.41, 5.74) is 3.39. The van der Waals surface area contributed by atoms with Gasteiger partial charge in [-0.25, -0.2) is 4.98 Å². The van der Waals surface area contributed by atoms with Gasteiger partial charge in [0, 0.05) is 12.2 Å². The fourth-order valence-electron chi connectivity index (χ4n) is 4.21. The number of aromatic nitrogens is 2. The van der Waals surface area contributed by atoms with E-state index in [0.29, 0.717) is 12.4 Å². The zero-order valence-corrected chi connectivity index (χ0v) is 20.3. The number of benzene rings is 3. The molecule has 3 aromatic carbocycles. The van der Waals surface area contributed by atoms with Crippen LogP contribution in [0.25, 0.3) is 11.0 Å². The van der Waals surface area contributed by atoms with Gasteiger partial charge in [-0.05, 0) is 55.8 Å². The lowest BCUT2D eigenvalue weighted by molar-refractivity contribution is -0.121. The molecule has 0 spiro atoms. The average Bonchev–Trinajstić information content (AvgIpc) is 3.24. The van der Waals surface area contributed by atoms with Crippen LogP contribution in [0.3, 0.4) is 0 Å². The van der Waals surface area contributed by atoms with E-state index >= 15 is 0 Å². The molecule has 1 N–H and O–H groups in total. The van der Waals surface area contributed by atoms with E-state index in [9.17, 15) is 9.59 Å². The van der Waals surface area contributed by atoms with E-state index in [0.717, 1.165) is 28.0 Å². The maximum Gasteiger partial charge on any atom is 0.246 e. The molecule has 180 valence electrons. The predicted octanol–water partition coefficient (Wildman–Crippen LogP) is 4.52. The van der Waals surface area contributed by atoms with E-state index in [1.807, 2.05) is 97.3 Å². The van der Waals surface area contributed by atoms with Crippen LogP contribution in [0, 0.1) is 0 Å². The summed E-state index contributed by atoms with van der Waals surface area (Å²) >= 11 is 0. The Labute approximate surface area is 205 Å². The number of likely N-dealkylation sites (N-methyl/N-ethyl adjacent to an activating group) is 1. The number of rotatable bonds is 9. The molecule has 0 fully saturated rings. The van der Waals surface area contributed by atoms with Crippen LogP contribution in [-0.2, 0) is 22.6 Å². The fourth-order valence-corrected chi connectivity index (χ4v) is 4.21. The van der Waals surface area contributed by atoms with Gasteiger partial charge in [0.15, 0.2) is 0 Å². The summed E-state index contributed by atoms with van der Waals surface area (Å²) in [4.78, 5) is 32.7. The third-order valence-corrected chi connectivity index (χ3v) is 5.95. The summed E-state index contributed by atoms with van der Waals surface area (Å²) in [5, 5.41) is 3.04. The van der Waals surface area contributed by atoms with E-state index in [1.54, 1.807) is 12.0 Å². The first-order valence-corrected chi connectivity index (χ1v) is 11.7. The number of anilines is 1. The van der Waals surface area contributed by atoms with Crippen molar-refractivity contribution < 1.29 is 14.3 Å². The molecule has 7 nitrogen and oxygen atoms in total. The summed E-state index contributed by atoms with van der Waals surface area (Å²) in [7, 11) is 1.61. The van der Waals surface area contributed by atoms with E-state index in [2.05, 4.69) is 5.32 Å². The van der Waals surface area contributed by atoms with Crippen LogP contribution in [0.2, 0.25) is 0 Å². The van der Waals surface area contributed by atoms with Gasteiger partial charge in [0.05, 0.1) is 30.6 Å². The predicted molar refractivity (Wildman–Crippen MR) is 137 cm³/mol. The van der Waals surface area contributed by atoms with Crippen molar-refractivity contribution in [1.29, 1.82) is 0 Å². The van der Waals surface area contributed by atoms with Crippen molar-refractivity contribution in [1.82, 2.24) is 14.9 Å². The molecule has 1 aromatic heterocycles. The Hall–Kier alpha value is -4.13. The second-order valence-corrected chi connectivity index (χ2v) is 8.33. The van der Waals surface area contributed by atoms with Crippen molar-refractivity contribution in [2.45, 2.75) is 32.9 Å². The highest BCUT2D eigenvalue weighted by atomic mass is 16.5. The summed E-state index contributed by atoms with van der Waals surface area (Å²) in [6, 6.07) is 24.4. The normalized spacial score (nSPS) is 11.7. The number of para-hydroxylation sites is 3. The first-order chi connectivity index (χ1) is 17.0. The second-order valence-electron chi connectivity index (χ2n) is 8.33. The Kier molecular flexibility index (Phi) is 7.45. The Balaban J connectivity index is 1.55. The number of hydrogen-bond acceptors (Lipinski definition) is 4. The van der Waals surface area contributed by atoms with Crippen LogP contribution in [0.1, 0.15) is 31.3 Å². The molecular formula is C28H30N4O3. The minimum atomic E-state index is -0.382. The van der Waals surface area contributed by atoms with Crippen molar-refractivity contribution >= 4 is 28.5 Å². The van der Waals surface area contributed by atoms with Gasteiger partial charge in [-0.15, -0.1) is 0 Å². The number of nitrogens with one attached hydrogen (secondary N) is 1. The zero-order valence-electron chi connectivity index (χ0n) is 20.3. The fraction of sp³-hybridized carbons (Fsp3) is 0.250. The van der Waals surface area contributed by atoms with Gasteiger partial charge in [-0.3, -0.25) is 9.59 Å². The quantitative estimate of drug-likeness (QED) is 0.390. The number of amides is 2. The number of imidazole rings is 1. The molecule has 0 saturated carbocycles. The van der Waals surface area contributed by atoms with E-state index < -0.39 is 0 Å². The average molecular weight is 471 g/mol. The molecule has 0 bridgehead atoms. The summed E-state index contributed by atoms with van der Waals surface area (Å²) in [6.07, 6.45) is 0.241. The molecule has 2 amide bonds.